The highest BCUT2D eigenvalue weighted by Gasteiger charge is 2.11. The van der Waals surface area contributed by atoms with Crippen LogP contribution in [0.25, 0.3) is 6.08 Å². The number of thiazole rings is 1. The van der Waals surface area contributed by atoms with Crippen LogP contribution in [0.5, 0.6) is 5.75 Å². The molecule has 3 aromatic rings. The highest BCUT2D eigenvalue weighted by atomic mass is 35.5. The number of hydrogen-bond donors (Lipinski definition) is 1. The number of thioether (sulfide) groups is 1. The number of nitriles is 1. The maximum Gasteiger partial charge on any atom is 0.268 e. The molecule has 29 heavy (non-hydrogen) atoms. The molecule has 0 aliphatic carbocycles. The molecule has 146 valence electrons. The van der Waals surface area contributed by atoms with Gasteiger partial charge in [0.2, 0.25) is 0 Å². The SMILES string of the molecule is N#C/C(=C/c1ccc(OCCSc2ccccc2)c(Cl)c1)C(=O)Nc1nccs1. The number of benzene rings is 2. The van der Waals surface area contributed by atoms with Gasteiger partial charge < -0.3 is 4.74 Å². The predicted molar refractivity (Wildman–Crippen MR) is 118 cm³/mol. The third-order valence-electron chi connectivity index (χ3n) is 3.64. The molecule has 0 atom stereocenters. The Morgan fingerprint density at radius 3 is 2.83 bits per heavy atom. The fourth-order valence-corrected chi connectivity index (χ4v) is 3.84. The van der Waals surface area contributed by atoms with Crippen molar-refractivity contribution in [2.75, 3.05) is 17.7 Å². The summed E-state index contributed by atoms with van der Waals surface area (Å²) in [6.07, 6.45) is 3.05. The van der Waals surface area contributed by atoms with Crippen LogP contribution in [0.3, 0.4) is 0 Å². The first kappa shape index (κ1) is 20.9. The molecule has 1 amide bonds. The molecular formula is C21H16ClN3O2S2. The molecule has 0 fully saturated rings. The molecule has 1 aromatic heterocycles. The number of nitrogens with zero attached hydrogens (tertiary/aromatic N) is 2. The summed E-state index contributed by atoms with van der Waals surface area (Å²) in [5, 5.41) is 14.5. The predicted octanol–water partition coefficient (Wildman–Crippen LogP) is 5.51. The third kappa shape index (κ3) is 6.36. The Morgan fingerprint density at radius 1 is 1.31 bits per heavy atom. The molecule has 0 aliphatic heterocycles. The van der Waals surface area contributed by atoms with E-state index in [-0.39, 0.29) is 5.57 Å². The quantitative estimate of drug-likeness (QED) is 0.216. The number of aromatic nitrogens is 1. The standard InChI is InChI=1S/C21H16ClN3O2S2/c22-18-13-15(12-16(14-23)20(26)25-21-24-8-10-29-21)6-7-19(18)27-9-11-28-17-4-2-1-3-5-17/h1-8,10,12-13H,9,11H2,(H,24,25,26)/b16-12-. The zero-order valence-electron chi connectivity index (χ0n) is 15.2. The first-order valence-corrected chi connectivity index (χ1v) is 10.8. The van der Waals surface area contributed by atoms with Crippen LogP contribution in [0, 0.1) is 11.3 Å². The minimum atomic E-state index is -0.517. The lowest BCUT2D eigenvalue weighted by Gasteiger charge is -2.09. The minimum absolute atomic E-state index is 0.0378. The highest BCUT2D eigenvalue weighted by molar-refractivity contribution is 7.99. The van der Waals surface area contributed by atoms with E-state index in [1.54, 1.807) is 41.5 Å². The molecule has 1 heterocycles. The first-order valence-electron chi connectivity index (χ1n) is 8.58. The van der Waals surface area contributed by atoms with E-state index in [0.29, 0.717) is 28.1 Å². The number of halogens is 1. The van der Waals surface area contributed by atoms with Crippen molar-refractivity contribution in [3.05, 3.63) is 76.3 Å². The Kier molecular flexibility index (Phi) is 7.70. The van der Waals surface area contributed by atoms with Crippen molar-refractivity contribution in [2.24, 2.45) is 0 Å². The maximum atomic E-state index is 12.2. The van der Waals surface area contributed by atoms with Gasteiger partial charge in [-0.05, 0) is 35.9 Å². The number of carbonyl (C=O) groups excluding carboxylic acids is 1. The van der Waals surface area contributed by atoms with Crippen LogP contribution >= 0.6 is 34.7 Å². The highest BCUT2D eigenvalue weighted by Crippen LogP contribution is 2.27. The molecule has 2 aromatic carbocycles. The lowest BCUT2D eigenvalue weighted by atomic mass is 10.1. The van der Waals surface area contributed by atoms with Gasteiger partial charge in [-0.2, -0.15) is 5.26 Å². The molecule has 8 heteroatoms. The topological polar surface area (TPSA) is 75.0 Å². The van der Waals surface area contributed by atoms with Gasteiger partial charge in [0, 0.05) is 22.2 Å². The molecule has 0 bridgehead atoms. The second-order valence-electron chi connectivity index (χ2n) is 5.66. The number of rotatable bonds is 8. The summed E-state index contributed by atoms with van der Waals surface area (Å²) in [7, 11) is 0. The summed E-state index contributed by atoms with van der Waals surface area (Å²) >= 11 is 9.27. The van der Waals surface area contributed by atoms with E-state index < -0.39 is 5.91 Å². The minimum Gasteiger partial charge on any atom is -0.491 e. The van der Waals surface area contributed by atoms with Crippen molar-refractivity contribution >= 4 is 51.8 Å². The summed E-state index contributed by atoms with van der Waals surface area (Å²) < 4.78 is 5.74. The smallest absolute Gasteiger partial charge is 0.268 e. The van der Waals surface area contributed by atoms with Crippen molar-refractivity contribution in [1.82, 2.24) is 4.98 Å². The van der Waals surface area contributed by atoms with Gasteiger partial charge in [-0.25, -0.2) is 4.98 Å². The van der Waals surface area contributed by atoms with Crippen LogP contribution in [0.4, 0.5) is 5.13 Å². The Hall–Kier alpha value is -2.79. The van der Waals surface area contributed by atoms with Gasteiger partial charge in [0.15, 0.2) is 5.13 Å². The van der Waals surface area contributed by atoms with E-state index in [9.17, 15) is 10.1 Å². The molecule has 0 saturated carbocycles. The molecule has 0 spiro atoms. The van der Waals surface area contributed by atoms with Gasteiger partial charge >= 0.3 is 0 Å². The largest absolute Gasteiger partial charge is 0.491 e. The van der Waals surface area contributed by atoms with Crippen molar-refractivity contribution in [3.63, 3.8) is 0 Å². The van der Waals surface area contributed by atoms with Crippen LogP contribution in [0.15, 0.2) is 70.6 Å². The molecule has 0 aliphatic rings. The zero-order chi connectivity index (χ0) is 20.5. The maximum absolute atomic E-state index is 12.2. The summed E-state index contributed by atoms with van der Waals surface area (Å²) in [4.78, 5) is 17.3. The van der Waals surface area contributed by atoms with Crippen LogP contribution in [-0.4, -0.2) is 23.3 Å². The summed E-state index contributed by atoms with van der Waals surface area (Å²) in [6, 6.07) is 17.1. The van der Waals surface area contributed by atoms with Gasteiger partial charge in [-0.1, -0.05) is 35.9 Å². The average Bonchev–Trinajstić information content (AvgIpc) is 3.24. The molecule has 3 rings (SSSR count). The Balaban J connectivity index is 1.58. The molecule has 5 nitrogen and oxygen atoms in total. The van der Waals surface area contributed by atoms with E-state index in [2.05, 4.69) is 22.4 Å². The van der Waals surface area contributed by atoms with E-state index in [1.807, 2.05) is 24.3 Å². The lowest BCUT2D eigenvalue weighted by Crippen LogP contribution is -2.13. The van der Waals surface area contributed by atoms with E-state index in [1.165, 1.54) is 22.3 Å². The lowest BCUT2D eigenvalue weighted by molar-refractivity contribution is -0.112. The fourth-order valence-electron chi connectivity index (χ4n) is 2.32. The summed E-state index contributed by atoms with van der Waals surface area (Å²) in [6.45, 7) is 0.508. The normalized spacial score (nSPS) is 11.0. The second-order valence-corrected chi connectivity index (χ2v) is 8.13. The molecule has 0 radical (unpaired) electrons. The number of hydrogen-bond acceptors (Lipinski definition) is 6. The summed E-state index contributed by atoms with van der Waals surface area (Å²) in [5.41, 5.74) is 0.594. The number of ether oxygens (including phenoxy) is 1. The van der Waals surface area contributed by atoms with Crippen molar-refractivity contribution in [1.29, 1.82) is 5.26 Å². The number of carbonyl (C=O) groups is 1. The van der Waals surface area contributed by atoms with Gasteiger partial charge in [-0.3, -0.25) is 10.1 Å². The van der Waals surface area contributed by atoms with E-state index in [0.717, 1.165) is 5.75 Å². The van der Waals surface area contributed by atoms with Crippen molar-refractivity contribution in [2.45, 2.75) is 4.90 Å². The summed E-state index contributed by atoms with van der Waals surface area (Å²) in [5.74, 6) is 0.831. The van der Waals surface area contributed by atoms with Gasteiger partial charge in [0.25, 0.3) is 5.91 Å². The molecular weight excluding hydrogens is 426 g/mol. The van der Waals surface area contributed by atoms with Crippen molar-refractivity contribution < 1.29 is 9.53 Å². The molecule has 0 unspecified atom stereocenters. The Labute approximate surface area is 182 Å². The molecule has 0 saturated heterocycles. The number of amides is 1. The van der Waals surface area contributed by atoms with E-state index >= 15 is 0 Å². The van der Waals surface area contributed by atoms with Crippen LogP contribution in [-0.2, 0) is 4.79 Å². The average molecular weight is 442 g/mol. The third-order valence-corrected chi connectivity index (χ3v) is 5.60. The monoisotopic (exact) mass is 441 g/mol. The van der Waals surface area contributed by atoms with Crippen molar-refractivity contribution in [3.8, 4) is 11.8 Å². The number of nitrogens with one attached hydrogen (secondary N) is 1. The number of anilines is 1. The van der Waals surface area contributed by atoms with E-state index in [4.69, 9.17) is 16.3 Å². The van der Waals surface area contributed by atoms with Crippen LogP contribution in [0.1, 0.15) is 5.56 Å². The van der Waals surface area contributed by atoms with Gasteiger partial charge in [0.05, 0.1) is 11.6 Å². The van der Waals surface area contributed by atoms with Crippen LogP contribution in [0.2, 0.25) is 5.02 Å². The van der Waals surface area contributed by atoms with Gasteiger partial charge in [-0.15, -0.1) is 23.1 Å². The second kappa shape index (κ2) is 10.7. The van der Waals surface area contributed by atoms with Gasteiger partial charge in [0.1, 0.15) is 17.4 Å². The molecule has 1 N–H and O–H groups in total. The fraction of sp³-hybridized carbons (Fsp3) is 0.0952. The van der Waals surface area contributed by atoms with Crippen LogP contribution < -0.4 is 10.1 Å². The zero-order valence-corrected chi connectivity index (χ0v) is 17.6. The first-order chi connectivity index (χ1) is 14.2. The Bertz CT molecular complexity index is 1030. The Morgan fingerprint density at radius 2 is 2.14 bits per heavy atom.